The van der Waals surface area contributed by atoms with Crippen molar-refractivity contribution in [2.45, 2.75) is 113 Å². The Kier molecular flexibility index (Phi) is 11.0. The van der Waals surface area contributed by atoms with Gasteiger partial charge in [0, 0.05) is 68.5 Å². The summed E-state index contributed by atoms with van der Waals surface area (Å²) in [5.74, 6) is 0.814. The Labute approximate surface area is 368 Å². The molecule has 18 heteroatoms. The molecule has 4 amide bonds. The second kappa shape index (κ2) is 17.1. The molecule has 12 rings (SSSR count). The number of benzene rings is 1. The van der Waals surface area contributed by atoms with Crippen LogP contribution in [0.5, 0.6) is 0 Å². The highest BCUT2D eigenvalue weighted by Crippen LogP contribution is 2.44. The number of carbonyl (C=O) groups is 3. The summed E-state index contributed by atoms with van der Waals surface area (Å²) >= 11 is 0. The molecular formula is C46H53F2N11O5. The van der Waals surface area contributed by atoms with Crippen LogP contribution in [0.1, 0.15) is 111 Å². The number of pyridine rings is 1. The lowest BCUT2D eigenvalue weighted by Crippen LogP contribution is -2.54. The van der Waals surface area contributed by atoms with Gasteiger partial charge in [-0.2, -0.15) is 10.2 Å². The maximum absolute atomic E-state index is 14.3. The van der Waals surface area contributed by atoms with Gasteiger partial charge in [-0.1, -0.05) is 18.2 Å². The van der Waals surface area contributed by atoms with Gasteiger partial charge in [0.1, 0.15) is 11.4 Å². The summed E-state index contributed by atoms with van der Waals surface area (Å²) in [4.78, 5) is 53.6. The van der Waals surface area contributed by atoms with E-state index in [0.717, 1.165) is 113 Å². The van der Waals surface area contributed by atoms with Crippen LogP contribution < -0.4 is 20.4 Å². The van der Waals surface area contributed by atoms with Gasteiger partial charge in [0.25, 0.3) is 12.3 Å². The van der Waals surface area contributed by atoms with E-state index in [-0.39, 0.29) is 54.0 Å². The van der Waals surface area contributed by atoms with Crippen LogP contribution in [0.15, 0.2) is 55.2 Å². The van der Waals surface area contributed by atoms with E-state index in [1.54, 1.807) is 28.2 Å². The molecule has 64 heavy (non-hydrogen) atoms. The smallest absolute Gasteiger partial charge is 0.328 e. The molecule has 5 aliphatic heterocycles. The number of aromatic nitrogens is 6. The van der Waals surface area contributed by atoms with E-state index in [4.69, 9.17) is 14.5 Å². The van der Waals surface area contributed by atoms with Gasteiger partial charge in [0.15, 0.2) is 11.3 Å². The summed E-state index contributed by atoms with van der Waals surface area (Å²) in [6.07, 6.45) is 15.9. The van der Waals surface area contributed by atoms with Crippen LogP contribution in [0.2, 0.25) is 0 Å². The number of alkyl halides is 2. The number of nitrogens with zero attached hydrogens (tertiary/aromatic N) is 9. The third-order valence-electron chi connectivity index (χ3n) is 14.6. The summed E-state index contributed by atoms with van der Waals surface area (Å²) in [6.45, 7) is 4.73. The number of anilines is 3. The fourth-order valence-corrected chi connectivity index (χ4v) is 11.0. The number of amides is 4. The Morgan fingerprint density at radius 1 is 0.938 bits per heavy atom. The Balaban J connectivity index is 0.648. The summed E-state index contributed by atoms with van der Waals surface area (Å²) in [6, 6.07) is 7.89. The first-order chi connectivity index (χ1) is 31.2. The van der Waals surface area contributed by atoms with Crippen LogP contribution in [-0.2, 0) is 14.3 Å². The Morgan fingerprint density at radius 2 is 1.77 bits per heavy atom. The zero-order valence-corrected chi connectivity index (χ0v) is 35.7. The normalized spacial score (nSPS) is 26.8. The minimum absolute atomic E-state index is 0.00970. The maximum atomic E-state index is 14.3. The maximum Gasteiger partial charge on any atom is 0.328 e. The van der Waals surface area contributed by atoms with E-state index in [1.807, 2.05) is 24.4 Å². The first-order valence-corrected chi connectivity index (χ1v) is 23.0. The molecule has 2 saturated carbocycles. The molecule has 2 aliphatic carbocycles. The van der Waals surface area contributed by atoms with E-state index in [0.29, 0.717) is 30.6 Å². The van der Waals surface area contributed by atoms with Crippen molar-refractivity contribution < 1.29 is 32.6 Å². The predicted octanol–water partition coefficient (Wildman–Crippen LogP) is 6.64. The van der Waals surface area contributed by atoms with Crippen molar-refractivity contribution in [3.8, 4) is 0 Å². The van der Waals surface area contributed by atoms with Crippen LogP contribution in [0.3, 0.4) is 0 Å². The number of halogens is 2. The number of piperidine rings is 2. The van der Waals surface area contributed by atoms with Crippen molar-refractivity contribution in [2.75, 3.05) is 54.4 Å². The fourth-order valence-electron chi connectivity index (χ4n) is 11.0. The van der Waals surface area contributed by atoms with Crippen molar-refractivity contribution in [3.05, 3.63) is 72.1 Å². The number of likely N-dealkylation sites (tertiary alicyclic amines) is 1. The standard InChI is InChI=1S/C46H53F2N11O5/c47-43(48)42-38(51-45(61)37-21-50-58-17-12-40(52-44(37)58)57-24-32-9-8-30(57)26-63-32)25-59(54-42)29-6-4-27(5-7-29)23-55-14-10-31(11-15-55)64-33-18-28(19-33)34-2-1-3-35-36(34)20-49-22-39(35)56-16-13-41(60)53-46(56)62/h1-3,12,17,20-22,25,27-33,43H,4-11,13-16,18-19,23-24,26H2,(H,51,61)(H,53,60,62)/t27-,28?,29-,30-,32-,33?/m1/s1. The minimum atomic E-state index is -2.85. The van der Waals surface area contributed by atoms with Crippen molar-refractivity contribution >= 4 is 51.5 Å². The van der Waals surface area contributed by atoms with Crippen LogP contribution in [0, 0.1) is 5.92 Å². The number of imide groups is 1. The van der Waals surface area contributed by atoms with Crippen molar-refractivity contribution in [1.29, 1.82) is 0 Å². The second-order valence-electron chi connectivity index (χ2n) is 18.6. The van der Waals surface area contributed by atoms with Gasteiger partial charge < -0.3 is 24.6 Å². The van der Waals surface area contributed by atoms with E-state index in [1.165, 1.54) is 16.3 Å². The Hall–Kier alpha value is -5.59. The molecule has 336 valence electrons. The van der Waals surface area contributed by atoms with Crippen molar-refractivity contribution in [1.82, 2.24) is 39.6 Å². The van der Waals surface area contributed by atoms with Crippen LogP contribution in [0.4, 0.5) is 30.8 Å². The van der Waals surface area contributed by atoms with Gasteiger partial charge in [-0.3, -0.25) is 29.5 Å². The van der Waals surface area contributed by atoms with E-state index in [9.17, 15) is 23.2 Å². The van der Waals surface area contributed by atoms with E-state index < -0.39 is 24.1 Å². The molecule has 0 spiro atoms. The lowest BCUT2D eigenvalue weighted by atomic mass is 9.76. The molecule has 9 heterocycles. The summed E-state index contributed by atoms with van der Waals surface area (Å²) in [5.41, 5.74) is 2.09. The molecule has 1 aromatic carbocycles. The monoisotopic (exact) mass is 877 g/mol. The summed E-state index contributed by atoms with van der Waals surface area (Å²) in [7, 11) is 0. The van der Waals surface area contributed by atoms with E-state index >= 15 is 0 Å². The number of carbonyl (C=O) groups excluding carboxylic acids is 3. The third kappa shape index (κ3) is 7.97. The third-order valence-corrected chi connectivity index (χ3v) is 14.6. The topological polar surface area (TPSA) is 164 Å². The number of ether oxygens (including phenoxy) is 2. The number of fused-ring (bicyclic) bond motifs is 5. The molecule has 2 atom stereocenters. The van der Waals surface area contributed by atoms with Gasteiger partial charge in [0.05, 0.1) is 60.8 Å². The zero-order valence-electron chi connectivity index (χ0n) is 35.7. The lowest BCUT2D eigenvalue weighted by Gasteiger charge is -2.45. The Morgan fingerprint density at radius 3 is 2.52 bits per heavy atom. The number of urea groups is 1. The van der Waals surface area contributed by atoms with Crippen molar-refractivity contribution in [2.24, 2.45) is 5.92 Å². The van der Waals surface area contributed by atoms with Crippen LogP contribution >= 0.6 is 0 Å². The molecule has 7 fully saturated rings. The van der Waals surface area contributed by atoms with Gasteiger partial charge in [-0.15, -0.1) is 0 Å². The molecule has 7 aliphatic rings. The van der Waals surface area contributed by atoms with Crippen LogP contribution in [0.25, 0.3) is 16.4 Å². The number of rotatable bonds is 11. The molecule has 5 aromatic rings. The highest BCUT2D eigenvalue weighted by molar-refractivity contribution is 6.10. The number of hydrogen-bond acceptors (Lipinski definition) is 11. The van der Waals surface area contributed by atoms with Gasteiger partial charge in [-0.05, 0) is 87.7 Å². The summed E-state index contributed by atoms with van der Waals surface area (Å²) in [5, 5.41) is 15.8. The number of nitrogens with one attached hydrogen (secondary N) is 2. The second-order valence-corrected chi connectivity index (χ2v) is 18.6. The first-order valence-electron chi connectivity index (χ1n) is 23.0. The SMILES string of the molecule is O=C1CCN(c2cncc3c(C4CC(OC5CCN(C[C@H]6CC[C@H](n7cc(NC(=O)c8cnn9ccc(N%10C[C@H]%11CC[C@@H]%10CO%11)nc89)c(C(F)F)n7)CC6)CC5)C4)cccc23)C(=O)N1. The molecule has 4 aromatic heterocycles. The van der Waals surface area contributed by atoms with Gasteiger partial charge in [0.2, 0.25) is 5.91 Å². The average Bonchev–Trinajstić information content (AvgIpc) is 3.93. The predicted molar refractivity (Wildman–Crippen MR) is 233 cm³/mol. The first kappa shape index (κ1) is 41.1. The fraction of sp³-hybridized carbons (Fsp3) is 0.543. The van der Waals surface area contributed by atoms with E-state index in [2.05, 4.69) is 41.7 Å². The molecule has 5 saturated heterocycles. The molecule has 16 nitrogen and oxygen atoms in total. The molecular weight excluding hydrogens is 825 g/mol. The van der Waals surface area contributed by atoms with Crippen molar-refractivity contribution in [3.63, 3.8) is 0 Å². The zero-order chi connectivity index (χ0) is 43.5. The average molecular weight is 878 g/mol. The van der Waals surface area contributed by atoms with Gasteiger partial charge in [-0.25, -0.2) is 23.1 Å². The largest absolute Gasteiger partial charge is 0.375 e. The lowest BCUT2D eigenvalue weighted by molar-refractivity contribution is -0.120. The molecule has 0 unspecified atom stereocenters. The minimum Gasteiger partial charge on any atom is -0.375 e. The van der Waals surface area contributed by atoms with Gasteiger partial charge >= 0.3 is 6.03 Å². The highest BCUT2D eigenvalue weighted by Gasteiger charge is 2.38. The molecule has 2 bridgehead atoms. The quantitative estimate of drug-likeness (QED) is 0.146. The molecule has 0 radical (unpaired) electrons. The highest BCUT2D eigenvalue weighted by atomic mass is 19.3. The number of morpholine rings is 1. The molecule has 2 N–H and O–H groups in total. The Bertz CT molecular complexity index is 2560. The summed E-state index contributed by atoms with van der Waals surface area (Å²) < 4.78 is 44.3. The number of hydrogen-bond donors (Lipinski definition) is 2. The van der Waals surface area contributed by atoms with Crippen LogP contribution in [-0.4, -0.2) is 116 Å².